The van der Waals surface area contributed by atoms with E-state index in [1.54, 1.807) is 0 Å². The Hall–Kier alpha value is -6.16. The van der Waals surface area contributed by atoms with Crippen molar-refractivity contribution in [3.63, 3.8) is 0 Å². The van der Waals surface area contributed by atoms with Crippen molar-refractivity contribution in [2.75, 3.05) is 4.90 Å². The molecule has 0 fully saturated rings. The molecule has 0 amide bonds. The Morgan fingerprint density at radius 2 is 1.02 bits per heavy atom. The van der Waals surface area contributed by atoms with Gasteiger partial charge in [-0.15, -0.1) is 11.3 Å². The van der Waals surface area contributed by atoms with Gasteiger partial charge < -0.3 is 9.32 Å². The molecular weight excluding hydrogens is 615 g/mol. The van der Waals surface area contributed by atoms with Crippen LogP contribution in [0.2, 0.25) is 0 Å². The number of benzene rings is 8. The number of para-hydroxylation sites is 2. The Morgan fingerprint density at radius 1 is 0.408 bits per heavy atom. The summed E-state index contributed by atoms with van der Waals surface area (Å²) in [5, 5.41) is 7.35. The molecule has 10 rings (SSSR count). The van der Waals surface area contributed by atoms with E-state index in [0.717, 1.165) is 50.1 Å². The Morgan fingerprint density at radius 3 is 1.86 bits per heavy atom. The van der Waals surface area contributed by atoms with Gasteiger partial charge in [-0.2, -0.15) is 0 Å². The van der Waals surface area contributed by atoms with Gasteiger partial charge in [0.2, 0.25) is 0 Å². The molecule has 0 spiro atoms. The topological polar surface area (TPSA) is 16.4 Å². The minimum atomic E-state index is 0.913. The molecule has 10 aromatic rings. The van der Waals surface area contributed by atoms with E-state index in [0.29, 0.717) is 0 Å². The standard InChI is InChI=1S/C46H29NOS/c1-2-11-36-31(9-1)10-7-16-42(36)47(34-24-19-30(20-25-34)33-23-28-45-41(29-33)39-13-4-6-18-44(39)49-45)35-26-21-32(22-27-35)37-14-8-15-40-38-12-3-5-17-43(38)48-46(37)40/h1-29H. The monoisotopic (exact) mass is 643 g/mol. The van der Waals surface area contributed by atoms with Crippen LogP contribution in [-0.2, 0) is 0 Å². The highest BCUT2D eigenvalue weighted by Crippen LogP contribution is 2.42. The van der Waals surface area contributed by atoms with E-state index in [1.807, 2.05) is 23.5 Å². The zero-order valence-electron chi connectivity index (χ0n) is 26.5. The van der Waals surface area contributed by atoms with Crippen molar-refractivity contribution in [1.29, 1.82) is 0 Å². The molecule has 230 valence electrons. The molecule has 0 atom stereocenters. The van der Waals surface area contributed by atoms with Crippen molar-refractivity contribution >= 4 is 81.3 Å². The highest BCUT2D eigenvalue weighted by Gasteiger charge is 2.17. The lowest BCUT2D eigenvalue weighted by Gasteiger charge is -2.27. The van der Waals surface area contributed by atoms with Crippen LogP contribution in [0, 0.1) is 0 Å². The van der Waals surface area contributed by atoms with Crippen LogP contribution in [0.3, 0.4) is 0 Å². The van der Waals surface area contributed by atoms with Crippen LogP contribution in [0.25, 0.3) is 75.1 Å². The Kier molecular flexibility index (Phi) is 6.39. The van der Waals surface area contributed by atoms with Crippen molar-refractivity contribution in [1.82, 2.24) is 0 Å². The molecule has 2 nitrogen and oxygen atoms in total. The van der Waals surface area contributed by atoms with Gasteiger partial charge in [0.15, 0.2) is 0 Å². The molecule has 0 radical (unpaired) electrons. The highest BCUT2D eigenvalue weighted by molar-refractivity contribution is 7.25. The van der Waals surface area contributed by atoms with E-state index in [9.17, 15) is 0 Å². The molecule has 0 bridgehead atoms. The fourth-order valence-electron chi connectivity index (χ4n) is 7.30. The summed E-state index contributed by atoms with van der Waals surface area (Å²) in [6.45, 7) is 0. The Bertz CT molecular complexity index is 2820. The van der Waals surface area contributed by atoms with E-state index in [-0.39, 0.29) is 0 Å². The van der Waals surface area contributed by atoms with Crippen LogP contribution < -0.4 is 4.90 Å². The highest BCUT2D eigenvalue weighted by atomic mass is 32.1. The largest absolute Gasteiger partial charge is 0.455 e. The molecule has 2 aromatic heterocycles. The molecule has 0 N–H and O–H groups in total. The number of anilines is 3. The molecular formula is C46H29NOS. The van der Waals surface area contributed by atoms with Crippen LogP contribution in [0.4, 0.5) is 17.1 Å². The third-order valence-electron chi connectivity index (χ3n) is 9.68. The minimum absolute atomic E-state index is 0.913. The van der Waals surface area contributed by atoms with Crippen molar-refractivity contribution in [3.8, 4) is 22.3 Å². The maximum Gasteiger partial charge on any atom is 0.143 e. The molecule has 0 saturated heterocycles. The lowest BCUT2D eigenvalue weighted by Crippen LogP contribution is -2.10. The smallest absolute Gasteiger partial charge is 0.143 e. The summed E-state index contributed by atoms with van der Waals surface area (Å²) in [6, 6.07) is 63.2. The van der Waals surface area contributed by atoms with Crippen molar-refractivity contribution < 1.29 is 4.42 Å². The van der Waals surface area contributed by atoms with Crippen LogP contribution in [0.1, 0.15) is 0 Å². The second-order valence-electron chi connectivity index (χ2n) is 12.5. The lowest BCUT2D eigenvalue weighted by atomic mass is 10.0. The van der Waals surface area contributed by atoms with E-state index in [1.165, 1.54) is 42.1 Å². The second-order valence-corrected chi connectivity index (χ2v) is 13.6. The molecule has 8 aromatic carbocycles. The van der Waals surface area contributed by atoms with Gasteiger partial charge >= 0.3 is 0 Å². The van der Waals surface area contributed by atoms with Crippen molar-refractivity contribution in [3.05, 3.63) is 176 Å². The quantitative estimate of drug-likeness (QED) is 0.186. The molecule has 3 heteroatoms. The minimum Gasteiger partial charge on any atom is -0.455 e. The molecule has 0 saturated carbocycles. The molecule has 2 heterocycles. The second kappa shape index (κ2) is 11.2. The van der Waals surface area contributed by atoms with E-state index in [4.69, 9.17) is 4.42 Å². The number of furan rings is 1. The van der Waals surface area contributed by atoms with Gasteiger partial charge in [-0.25, -0.2) is 0 Å². The number of thiophene rings is 1. The molecule has 0 aliphatic carbocycles. The van der Waals surface area contributed by atoms with Crippen molar-refractivity contribution in [2.24, 2.45) is 0 Å². The number of nitrogens with zero attached hydrogens (tertiary/aromatic N) is 1. The maximum atomic E-state index is 6.38. The van der Waals surface area contributed by atoms with Gasteiger partial charge in [0, 0.05) is 53.3 Å². The van der Waals surface area contributed by atoms with Gasteiger partial charge in [-0.1, -0.05) is 121 Å². The fraction of sp³-hybridized carbons (Fsp3) is 0. The van der Waals surface area contributed by atoms with Crippen LogP contribution in [-0.4, -0.2) is 0 Å². The number of rotatable bonds is 5. The normalized spacial score (nSPS) is 11.7. The Balaban J connectivity index is 1.08. The predicted octanol–water partition coefficient (Wildman–Crippen LogP) is 13.9. The predicted molar refractivity (Wildman–Crippen MR) is 210 cm³/mol. The Labute approximate surface area is 287 Å². The first-order valence-corrected chi connectivity index (χ1v) is 17.4. The average molecular weight is 644 g/mol. The summed E-state index contributed by atoms with van der Waals surface area (Å²) in [7, 11) is 0. The third-order valence-corrected chi connectivity index (χ3v) is 10.8. The summed E-state index contributed by atoms with van der Waals surface area (Å²) in [6.07, 6.45) is 0. The third kappa shape index (κ3) is 4.62. The van der Waals surface area contributed by atoms with Gasteiger partial charge in [0.05, 0.1) is 5.69 Å². The van der Waals surface area contributed by atoms with Gasteiger partial charge in [0.25, 0.3) is 0 Å². The number of hydrogen-bond acceptors (Lipinski definition) is 3. The molecule has 0 aliphatic rings. The molecule has 0 unspecified atom stereocenters. The zero-order valence-corrected chi connectivity index (χ0v) is 27.3. The zero-order chi connectivity index (χ0) is 32.3. The van der Waals surface area contributed by atoms with E-state index >= 15 is 0 Å². The first kappa shape index (κ1) is 27.9. The summed E-state index contributed by atoms with van der Waals surface area (Å²) in [5.41, 5.74) is 9.82. The first-order valence-electron chi connectivity index (χ1n) is 16.6. The number of fused-ring (bicyclic) bond motifs is 7. The SMILES string of the molecule is c1ccc2c(N(c3ccc(-c4ccc5sc6ccccc6c5c4)cc3)c3ccc(-c4cccc5c4oc4ccccc45)cc3)cccc2c1. The van der Waals surface area contributed by atoms with E-state index in [2.05, 4.69) is 169 Å². The van der Waals surface area contributed by atoms with Crippen LogP contribution in [0.15, 0.2) is 180 Å². The summed E-state index contributed by atoms with van der Waals surface area (Å²) in [4.78, 5) is 2.37. The van der Waals surface area contributed by atoms with Gasteiger partial charge in [-0.3, -0.25) is 0 Å². The van der Waals surface area contributed by atoms with E-state index < -0.39 is 0 Å². The number of hydrogen-bond donors (Lipinski definition) is 0. The molecule has 0 aliphatic heterocycles. The first-order chi connectivity index (χ1) is 24.3. The summed E-state index contributed by atoms with van der Waals surface area (Å²) < 4.78 is 9.03. The molecule has 49 heavy (non-hydrogen) atoms. The van der Waals surface area contributed by atoms with Crippen molar-refractivity contribution in [2.45, 2.75) is 0 Å². The van der Waals surface area contributed by atoms with Crippen LogP contribution >= 0.6 is 11.3 Å². The average Bonchev–Trinajstić information content (AvgIpc) is 3.74. The maximum absolute atomic E-state index is 6.38. The fourth-order valence-corrected chi connectivity index (χ4v) is 8.39. The summed E-state index contributed by atoms with van der Waals surface area (Å²) in [5.74, 6) is 0. The summed E-state index contributed by atoms with van der Waals surface area (Å²) >= 11 is 1.86. The lowest BCUT2D eigenvalue weighted by molar-refractivity contribution is 0.670. The van der Waals surface area contributed by atoms with Crippen LogP contribution in [0.5, 0.6) is 0 Å². The van der Waals surface area contributed by atoms with Gasteiger partial charge in [-0.05, 0) is 76.7 Å². The van der Waals surface area contributed by atoms with Gasteiger partial charge in [0.1, 0.15) is 11.2 Å².